The fourth-order valence-corrected chi connectivity index (χ4v) is 5.65. The van der Waals surface area contributed by atoms with Gasteiger partial charge < -0.3 is 4.90 Å². The predicted octanol–water partition coefficient (Wildman–Crippen LogP) is 3.54. The molecule has 0 bridgehead atoms. The van der Waals surface area contributed by atoms with E-state index in [9.17, 15) is 13.2 Å². The zero-order valence-electron chi connectivity index (χ0n) is 16.2. The molecule has 10 heteroatoms. The number of aromatic nitrogens is 4. The summed E-state index contributed by atoms with van der Waals surface area (Å²) in [5.74, 6) is 1.84. The van der Waals surface area contributed by atoms with Gasteiger partial charge in [0, 0.05) is 49.6 Å². The Morgan fingerprint density at radius 1 is 1.07 bits per heavy atom. The highest BCUT2D eigenvalue weighted by Gasteiger charge is 2.38. The summed E-state index contributed by atoms with van der Waals surface area (Å²) in [6.45, 7) is 4.53. The van der Waals surface area contributed by atoms with Crippen LogP contribution in [0.2, 0.25) is 0 Å². The van der Waals surface area contributed by atoms with E-state index >= 15 is 0 Å². The number of hydrogen-bond donors (Lipinski definition) is 0. The molecule has 3 aromatic rings. The zero-order valence-corrected chi connectivity index (χ0v) is 17.0. The number of anilines is 1. The van der Waals surface area contributed by atoms with E-state index in [2.05, 4.69) is 29.7 Å². The van der Waals surface area contributed by atoms with Crippen LogP contribution in [0.1, 0.15) is 17.0 Å². The third-order valence-corrected chi connectivity index (χ3v) is 6.96. The van der Waals surface area contributed by atoms with Crippen molar-refractivity contribution in [3.8, 4) is 0 Å². The Morgan fingerprint density at radius 3 is 2.73 bits per heavy atom. The molecule has 6 nitrogen and oxygen atoms in total. The Labute approximate surface area is 175 Å². The van der Waals surface area contributed by atoms with Crippen molar-refractivity contribution >= 4 is 27.4 Å². The molecule has 158 valence electrons. The van der Waals surface area contributed by atoms with Crippen molar-refractivity contribution in [2.24, 2.45) is 11.8 Å². The molecule has 2 fully saturated rings. The minimum Gasteiger partial charge on any atom is -0.355 e. The van der Waals surface area contributed by atoms with Gasteiger partial charge in [0.25, 0.3) is 0 Å². The Kier molecular flexibility index (Phi) is 5.06. The van der Waals surface area contributed by atoms with Crippen LogP contribution in [0.15, 0.2) is 31.0 Å². The van der Waals surface area contributed by atoms with Crippen molar-refractivity contribution in [2.45, 2.75) is 25.6 Å². The second-order valence-corrected chi connectivity index (χ2v) is 9.18. The highest BCUT2D eigenvalue weighted by Crippen LogP contribution is 2.38. The first kappa shape index (κ1) is 19.6. The summed E-state index contributed by atoms with van der Waals surface area (Å²) in [7, 11) is 0. The molecule has 0 N–H and O–H groups in total. The molecule has 2 aliphatic heterocycles. The molecule has 0 saturated carbocycles. The first-order valence-corrected chi connectivity index (χ1v) is 10.8. The molecule has 0 radical (unpaired) electrons. The van der Waals surface area contributed by atoms with Crippen molar-refractivity contribution in [3.05, 3.63) is 41.6 Å². The van der Waals surface area contributed by atoms with Gasteiger partial charge in [-0.05, 0) is 30.9 Å². The maximum atomic E-state index is 12.8. The maximum Gasteiger partial charge on any atom is 0.393 e. The van der Waals surface area contributed by atoms with Crippen LogP contribution in [0.25, 0.3) is 10.2 Å². The third-order valence-electron chi connectivity index (χ3n) is 5.92. The normalized spacial score (nSPS) is 22.6. The van der Waals surface area contributed by atoms with Crippen LogP contribution in [0.4, 0.5) is 19.0 Å². The molecule has 2 aliphatic rings. The molecule has 2 atom stereocenters. The van der Waals surface area contributed by atoms with E-state index < -0.39 is 12.6 Å². The van der Waals surface area contributed by atoms with Crippen LogP contribution in [0.3, 0.4) is 0 Å². The molecule has 2 saturated heterocycles. The van der Waals surface area contributed by atoms with E-state index in [-0.39, 0.29) is 4.88 Å². The molecule has 0 amide bonds. The predicted molar refractivity (Wildman–Crippen MR) is 108 cm³/mol. The quantitative estimate of drug-likeness (QED) is 0.626. The lowest BCUT2D eigenvalue weighted by atomic mass is 9.89. The number of piperidine rings is 1. The average molecular weight is 434 g/mol. The monoisotopic (exact) mass is 434 g/mol. The van der Waals surface area contributed by atoms with E-state index in [1.54, 1.807) is 24.7 Å². The fourth-order valence-electron chi connectivity index (χ4n) is 4.63. The molecule has 3 aromatic heterocycles. The summed E-state index contributed by atoms with van der Waals surface area (Å²) >= 11 is 1.11. The Hall–Kier alpha value is -2.33. The van der Waals surface area contributed by atoms with Crippen molar-refractivity contribution in [1.82, 2.24) is 24.8 Å². The summed E-state index contributed by atoms with van der Waals surface area (Å²) < 4.78 is 38.4. The summed E-state index contributed by atoms with van der Waals surface area (Å²) in [5, 5.41) is 0.733. The zero-order chi connectivity index (χ0) is 20.7. The largest absolute Gasteiger partial charge is 0.393 e. The van der Waals surface area contributed by atoms with Gasteiger partial charge in [0.1, 0.15) is 17.0 Å². The standard InChI is InChI=1S/C20H21F3N6S/c21-20(22,23)6-16-5-17-18(26-12-27-19(17)30-16)29-9-13-1-4-28(8-14(13)10-29)11-15-7-24-2-3-25-15/h2-3,5,7,12-14H,1,4,6,8-11H2/t13-,14+/m1/s1. The maximum absolute atomic E-state index is 12.8. The van der Waals surface area contributed by atoms with E-state index in [1.807, 2.05) is 0 Å². The lowest BCUT2D eigenvalue weighted by Crippen LogP contribution is -2.39. The second kappa shape index (κ2) is 7.73. The van der Waals surface area contributed by atoms with Gasteiger partial charge >= 0.3 is 6.18 Å². The van der Waals surface area contributed by atoms with Gasteiger partial charge in [0.05, 0.1) is 17.5 Å². The van der Waals surface area contributed by atoms with Gasteiger partial charge in [-0.1, -0.05) is 0 Å². The topological polar surface area (TPSA) is 58.0 Å². The molecule has 5 rings (SSSR count). The Bertz CT molecular complexity index is 1020. The number of fused-ring (bicyclic) bond motifs is 2. The van der Waals surface area contributed by atoms with Gasteiger partial charge in [0.2, 0.25) is 0 Å². The Balaban J connectivity index is 1.31. The first-order chi connectivity index (χ1) is 14.4. The number of alkyl halides is 3. The van der Waals surface area contributed by atoms with Gasteiger partial charge in [-0.15, -0.1) is 11.3 Å². The minimum atomic E-state index is -4.22. The smallest absolute Gasteiger partial charge is 0.355 e. The van der Waals surface area contributed by atoms with Crippen LogP contribution >= 0.6 is 11.3 Å². The molecule has 0 spiro atoms. The van der Waals surface area contributed by atoms with Crippen LogP contribution in [-0.4, -0.2) is 57.2 Å². The second-order valence-electron chi connectivity index (χ2n) is 8.07. The lowest BCUT2D eigenvalue weighted by Gasteiger charge is -2.33. The molecule has 30 heavy (non-hydrogen) atoms. The molecule has 0 aliphatic carbocycles. The van der Waals surface area contributed by atoms with Gasteiger partial charge in [-0.25, -0.2) is 9.97 Å². The highest BCUT2D eigenvalue weighted by atomic mass is 32.1. The third kappa shape index (κ3) is 4.11. The fraction of sp³-hybridized carbons (Fsp3) is 0.500. The van der Waals surface area contributed by atoms with Crippen molar-refractivity contribution < 1.29 is 13.2 Å². The highest BCUT2D eigenvalue weighted by molar-refractivity contribution is 7.18. The Morgan fingerprint density at radius 2 is 1.93 bits per heavy atom. The molecule has 0 aromatic carbocycles. The number of likely N-dealkylation sites (tertiary alicyclic amines) is 1. The van der Waals surface area contributed by atoms with Crippen molar-refractivity contribution in [3.63, 3.8) is 0 Å². The first-order valence-electron chi connectivity index (χ1n) is 9.97. The van der Waals surface area contributed by atoms with E-state index in [4.69, 9.17) is 0 Å². The van der Waals surface area contributed by atoms with Gasteiger partial charge in [-0.2, -0.15) is 13.2 Å². The van der Waals surface area contributed by atoms with E-state index in [0.29, 0.717) is 16.7 Å². The average Bonchev–Trinajstić information content (AvgIpc) is 3.30. The lowest BCUT2D eigenvalue weighted by molar-refractivity contribution is -0.126. The van der Waals surface area contributed by atoms with Crippen molar-refractivity contribution in [2.75, 3.05) is 31.1 Å². The van der Waals surface area contributed by atoms with E-state index in [0.717, 1.165) is 67.4 Å². The number of thiophene rings is 1. The van der Waals surface area contributed by atoms with E-state index in [1.165, 1.54) is 6.33 Å². The minimum absolute atomic E-state index is 0.283. The van der Waals surface area contributed by atoms with Crippen LogP contribution in [0.5, 0.6) is 0 Å². The number of halogens is 3. The summed E-state index contributed by atoms with van der Waals surface area (Å²) in [4.78, 5) is 22.7. The van der Waals surface area contributed by atoms with Gasteiger partial charge in [-0.3, -0.25) is 14.9 Å². The van der Waals surface area contributed by atoms with Crippen LogP contribution in [0, 0.1) is 11.8 Å². The molecule has 0 unspecified atom stereocenters. The van der Waals surface area contributed by atoms with Crippen LogP contribution < -0.4 is 4.90 Å². The number of hydrogen-bond acceptors (Lipinski definition) is 7. The molecule has 5 heterocycles. The summed E-state index contributed by atoms with van der Waals surface area (Å²) in [6, 6.07) is 1.62. The molecular formula is C20H21F3N6S. The molecular weight excluding hydrogens is 413 g/mol. The van der Waals surface area contributed by atoms with Crippen LogP contribution in [-0.2, 0) is 13.0 Å². The number of nitrogens with zero attached hydrogens (tertiary/aromatic N) is 6. The number of rotatable bonds is 4. The SMILES string of the molecule is FC(F)(F)Cc1cc2c(N3C[C@H]4CCN(Cc5cnccn5)C[C@H]4C3)ncnc2s1. The summed E-state index contributed by atoms with van der Waals surface area (Å²) in [6.07, 6.45) is 2.62. The summed E-state index contributed by atoms with van der Waals surface area (Å²) in [5.41, 5.74) is 0.971. The van der Waals surface area contributed by atoms with Gasteiger partial charge in [0.15, 0.2) is 0 Å². The van der Waals surface area contributed by atoms with Crippen molar-refractivity contribution in [1.29, 1.82) is 0 Å².